The minimum Gasteiger partial charge on any atom is -0.480 e. The van der Waals surface area contributed by atoms with Crippen LogP contribution in [0.5, 0.6) is 0 Å². The second-order valence-electron chi connectivity index (χ2n) is 3.49. The Kier molecular flexibility index (Phi) is 3.74. The average Bonchev–Trinajstić information content (AvgIpc) is 2.54. The van der Waals surface area contributed by atoms with Crippen LogP contribution in [0.25, 0.3) is 0 Å². The molecule has 6 heteroatoms. The number of amides is 1. The predicted molar refractivity (Wildman–Crippen MR) is 60.3 cm³/mol. The Morgan fingerprint density at radius 1 is 1.56 bits per heavy atom. The van der Waals surface area contributed by atoms with Crippen molar-refractivity contribution in [1.82, 2.24) is 4.90 Å². The molecular formula is C10H12BrNO4. The van der Waals surface area contributed by atoms with Gasteiger partial charge in [-0.1, -0.05) is 0 Å². The van der Waals surface area contributed by atoms with Crippen molar-refractivity contribution in [3.63, 3.8) is 0 Å². The molecule has 88 valence electrons. The van der Waals surface area contributed by atoms with E-state index < -0.39 is 17.9 Å². The first kappa shape index (κ1) is 12.8. The SMILES string of the molecule is Cc1cc(Br)oc1C(=O)N(C)C(C)C(=O)O. The number of aliphatic carboxylic acids is 1. The molecule has 1 aromatic rings. The van der Waals surface area contributed by atoms with E-state index in [1.807, 2.05) is 0 Å². The number of aryl methyl sites for hydroxylation is 1. The maximum absolute atomic E-state index is 11.9. The summed E-state index contributed by atoms with van der Waals surface area (Å²) in [5, 5.41) is 8.79. The fourth-order valence-electron chi connectivity index (χ4n) is 1.16. The van der Waals surface area contributed by atoms with Crippen LogP contribution in [0.1, 0.15) is 23.0 Å². The molecule has 0 radical (unpaired) electrons. The van der Waals surface area contributed by atoms with E-state index in [-0.39, 0.29) is 5.76 Å². The standard InChI is InChI=1S/C10H12BrNO4/c1-5-4-7(11)16-8(5)9(13)12(3)6(2)10(14)15/h4,6H,1-3H3,(H,14,15). The van der Waals surface area contributed by atoms with Crippen LogP contribution in [0, 0.1) is 6.92 Å². The van der Waals surface area contributed by atoms with Crippen LogP contribution in [0.4, 0.5) is 0 Å². The van der Waals surface area contributed by atoms with Crippen LogP contribution in [-0.4, -0.2) is 35.0 Å². The molecule has 1 aromatic heterocycles. The summed E-state index contributed by atoms with van der Waals surface area (Å²) in [5.74, 6) is -1.35. The highest BCUT2D eigenvalue weighted by Gasteiger charge is 2.26. The number of hydrogen-bond acceptors (Lipinski definition) is 3. The number of likely N-dealkylation sites (N-methyl/N-ethyl adjacent to an activating group) is 1. The van der Waals surface area contributed by atoms with E-state index in [0.717, 1.165) is 4.90 Å². The molecule has 1 rings (SSSR count). The molecule has 16 heavy (non-hydrogen) atoms. The van der Waals surface area contributed by atoms with Crippen molar-refractivity contribution in [2.24, 2.45) is 0 Å². The van der Waals surface area contributed by atoms with Gasteiger partial charge < -0.3 is 14.4 Å². The first-order valence-electron chi connectivity index (χ1n) is 4.60. The second kappa shape index (κ2) is 4.69. The van der Waals surface area contributed by atoms with Crippen LogP contribution in [-0.2, 0) is 4.79 Å². The molecule has 0 aliphatic rings. The maximum atomic E-state index is 11.9. The molecule has 0 fully saturated rings. The zero-order valence-electron chi connectivity index (χ0n) is 9.15. The van der Waals surface area contributed by atoms with Gasteiger partial charge in [0.2, 0.25) is 0 Å². The lowest BCUT2D eigenvalue weighted by atomic mass is 10.2. The normalized spacial score (nSPS) is 12.2. The number of carboxylic acids is 1. The largest absolute Gasteiger partial charge is 0.480 e. The van der Waals surface area contributed by atoms with E-state index in [2.05, 4.69) is 15.9 Å². The Labute approximate surface area is 101 Å². The molecule has 0 spiro atoms. The van der Waals surface area contributed by atoms with Gasteiger partial charge in [0, 0.05) is 12.6 Å². The number of hydrogen-bond donors (Lipinski definition) is 1. The van der Waals surface area contributed by atoms with Gasteiger partial charge in [0.1, 0.15) is 6.04 Å². The van der Waals surface area contributed by atoms with Gasteiger partial charge in [0.25, 0.3) is 5.91 Å². The second-order valence-corrected chi connectivity index (χ2v) is 4.27. The minimum atomic E-state index is -1.06. The number of halogens is 1. The van der Waals surface area contributed by atoms with Crippen molar-refractivity contribution < 1.29 is 19.1 Å². The summed E-state index contributed by atoms with van der Waals surface area (Å²) in [6, 6.07) is 0.766. The summed E-state index contributed by atoms with van der Waals surface area (Å²) < 4.78 is 5.61. The van der Waals surface area contributed by atoms with Gasteiger partial charge >= 0.3 is 5.97 Å². The van der Waals surface area contributed by atoms with Crippen LogP contribution in [0.15, 0.2) is 15.2 Å². The third-order valence-electron chi connectivity index (χ3n) is 2.34. The number of carboxylic acid groups (broad SMARTS) is 1. The Hall–Kier alpha value is -1.30. The van der Waals surface area contributed by atoms with E-state index in [0.29, 0.717) is 10.2 Å². The quantitative estimate of drug-likeness (QED) is 0.923. The van der Waals surface area contributed by atoms with Crippen molar-refractivity contribution in [3.05, 3.63) is 22.1 Å². The fourth-order valence-corrected chi connectivity index (χ4v) is 1.66. The number of nitrogens with zero attached hydrogens (tertiary/aromatic N) is 1. The molecule has 0 aliphatic carbocycles. The van der Waals surface area contributed by atoms with E-state index in [4.69, 9.17) is 9.52 Å². The Bertz CT molecular complexity index is 426. The monoisotopic (exact) mass is 289 g/mol. The Morgan fingerprint density at radius 2 is 2.12 bits per heavy atom. The zero-order valence-corrected chi connectivity index (χ0v) is 10.7. The van der Waals surface area contributed by atoms with Crippen LogP contribution >= 0.6 is 15.9 Å². The highest BCUT2D eigenvalue weighted by Crippen LogP contribution is 2.21. The number of rotatable bonds is 3. The van der Waals surface area contributed by atoms with Crippen molar-refractivity contribution in [2.75, 3.05) is 7.05 Å². The molecule has 0 bridgehead atoms. The smallest absolute Gasteiger partial charge is 0.326 e. The third-order valence-corrected chi connectivity index (χ3v) is 2.73. The third kappa shape index (κ3) is 2.44. The summed E-state index contributed by atoms with van der Waals surface area (Å²) in [5.41, 5.74) is 0.668. The average molecular weight is 290 g/mol. The molecule has 1 N–H and O–H groups in total. The van der Waals surface area contributed by atoms with Gasteiger partial charge in [-0.15, -0.1) is 0 Å². The van der Waals surface area contributed by atoms with E-state index in [1.165, 1.54) is 14.0 Å². The Balaban J connectivity index is 2.94. The predicted octanol–water partition coefficient (Wildman–Crippen LogP) is 1.90. The Morgan fingerprint density at radius 3 is 2.50 bits per heavy atom. The molecule has 5 nitrogen and oxygen atoms in total. The first-order valence-corrected chi connectivity index (χ1v) is 5.39. The fraction of sp³-hybridized carbons (Fsp3) is 0.400. The molecule has 1 heterocycles. The molecular weight excluding hydrogens is 278 g/mol. The lowest BCUT2D eigenvalue weighted by Gasteiger charge is -2.20. The topological polar surface area (TPSA) is 70.8 Å². The van der Waals surface area contributed by atoms with Crippen LogP contribution in [0.2, 0.25) is 0 Å². The molecule has 1 amide bonds. The molecule has 0 aromatic carbocycles. The first-order chi connectivity index (χ1) is 7.34. The summed E-state index contributed by atoms with van der Waals surface area (Å²) >= 11 is 3.11. The van der Waals surface area contributed by atoms with E-state index >= 15 is 0 Å². The number of carbonyl (C=O) groups excluding carboxylic acids is 1. The molecule has 0 saturated carbocycles. The minimum absolute atomic E-state index is 0.155. The summed E-state index contributed by atoms with van der Waals surface area (Å²) in [4.78, 5) is 23.7. The lowest BCUT2D eigenvalue weighted by molar-refractivity contribution is -0.141. The summed E-state index contributed by atoms with van der Waals surface area (Å²) in [6.45, 7) is 3.16. The summed E-state index contributed by atoms with van der Waals surface area (Å²) in [6.07, 6.45) is 0. The van der Waals surface area contributed by atoms with Crippen LogP contribution < -0.4 is 0 Å². The highest BCUT2D eigenvalue weighted by atomic mass is 79.9. The zero-order chi connectivity index (χ0) is 12.5. The van der Waals surface area contributed by atoms with Gasteiger partial charge in [-0.3, -0.25) is 4.79 Å². The van der Waals surface area contributed by atoms with Gasteiger partial charge in [-0.05, 0) is 35.8 Å². The molecule has 0 saturated heterocycles. The number of carbonyl (C=O) groups is 2. The molecule has 1 unspecified atom stereocenters. The van der Waals surface area contributed by atoms with Crippen molar-refractivity contribution in [2.45, 2.75) is 19.9 Å². The summed E-state index contributed by atoms with van der Waals surface area (Å²) in [7, 11) is 1.43. The van der Waals surface area contributed by atoms with Gasteiger partial charge in [-0.25, -0.2) is 4.79 Å². The van der Waals surface area contributed by atoms with Crippen molar-refractivity contribution >= 4 is 27.8 Å². The molecule has 1 atom stereocenters. The van der Waals surface area contributed by atoms with Gasteiger partial charge in [0.05, 0.1) is 0 Å². The van der Waals surface area contributed by atoms with E-state index in [1.54, 1.807) is 13.0 Å². The van der Waals surface area contributed by atoms with E-state index in [9.17, 15) is 9.59 Å². The van der Waals surface area contributed by atoms with Crippen molar-refractivity contribution in [3.8, 4) is 0 Å². The lowest BCUT2D eigenvalue weighted by Crippen LogP contribution is -2.40. The van der Waals surface area contributed by atoms with Gasteiger partial charge in [-0.2, -0.15) is 0 Å². The van der Waals surface area contributed by atoms with Crippen molar-refractivity contribution in [1.29, 1.82) is 0 Å². The van der Waals surface area contributed by atoms with Crippen LogP contribution in [0.3, 0.4) is 0 Å². The maximum Gasteiger partial charge on any atom is 0.326 e. The highest BCUT2D eigenvalue weighted by molar-refractivity contribution is 9.10. The number of furan rings is 1. The molecule has 0 aliphatic heterocycles. The van der Waals surface area contributed by atoms with Gasteiger partial charge in [0.15, 0.2) is 10.4 Å².